The zero-order valence-electron chi connectivity index (χ0n) is 12.0. The Balaban J connectivity index is 2.76. The van der Waals surface area contributed by atoms with Crippen molar-refractivity contribution in [2.45, 2.75) is 11.6 Å². The molecule has 0 bridgehead atoms. The van der Waals surface area contributed by atoms with Gasteiger partial charge in [0.2, 0.25) is 0 Å². The summed E-state index contributed by atoms with van der Waals surface area (Å²) in [6, 6.07) is 8.19. The van der Waals surface area contributed by atoms with E-state index in [2.05, 4.69) is 0 Å². The molecule has 2 rings (SSSR count). The van der Waals surface area contributed by atoms with E-state index in [1.54, 1.807) is 30.3 Å². The number of benzene rings is 1. The Morgan fingerprint density at radius 1 is 1.26 bits per heavy atom. The van der Waals surface area contributed by atoms with E-state index < -0.39 is 34.1 Å². The lowest BCUT2D eigenvalue weighted by molar-refractivity contribution is -0.550. The summed E-state index contributed by atoms with van der Waals surface area (Å²) in [5, 5.41) is 30.1. The van der Waals surface area contributed by atoms with Crippen LogP contribution in [0.1, 0.15) is 5.56 Å². The normalized spacial score (nSPS) is 23.6. The van der Waals surface area contributed by atoms with Gasteiger partial charge in [-0.05, 0) is 17.2 Å². The van der Waals surface area contributed by atoms with Gasteiger partial charge in [0.25, 0.3) is 0 Å². The number of hydrogen-bond acceptors (Lipinski definition) is 5. The molecular weight excluding hydrogens is 306 g/mol. The first-order valence-electron chi connectivity index (χ1n) is 6.48. The van der Waals surface area contributed by atoms with Crippen molar-refractivity contribution >= 4 is 17.5 Å². The van der Waals surface area contributed by atoms with Crippen molar-refractivity contribution in [1.82, 2.24) is 0 Å². The van der Waals surface area contributed by atoms with Crippen LogP contribution in [0.2, 0.25) is 0 Å². The van der Waals surface area contributed by atoms with Crippen LogP contribution in [0.4, 0.5) is 0 Å². The molecule has 0 radical (unpaired) electrons. The van der Waals surface area contributed by atoms with E-state index in [1.165, 1.54) is 6.08 Å². The molecule has 1 aliphatic rings. The van der Waals surface area contributed by atoms with Gasteiger partial charge in [0.1, 0.15) is 0 Å². The summed E-state index contributed by atoms with van der Waals surface area (Å²) in [7, 11) is 1.14. The lowest BCUT2D eigenvalue weighted by Crippen LogP contribution is -2.57. The van der Waals surface area contributed by atoms with Crippen LogP contribution < -0.4 is 0 Å². The maximum absolute atomic E-state index is 11.6. The summed E-state index contributed by atoms with van der Waals surface area (Å²) in [5.41, 5.74) is -2.63. The molecule has 1 aromatic carbocycles. The van der Waals surface area contributed by atoms with Gasteiger partial charge in [0.15, 0.2) is 6.10 Å². The number of rotatable bonds is 5. The molecular formula is C15H13NO7. The van der Waals surface area contributed by atoms with Crippen LogP contribution in [0.5, 0.6) is 0 Å². The SMILES string of the molecule is COC1C(c2ccccc2)=CC(C(=O)O)=CC1(C(=O)O)[N+](=O)[O-]. The van der Waals surface area contributed by atoms with E-state index in [0.29, 0.717) is 11.6 Å². The van der Waals surface area contributed by atoms with Crippen LogP contribution in [0.25, 0.3) is 5.57 Å². The predicted octanol–water partition coefficient (Wildman–Crippen LogP) is 1.21. The van der Waals surface area contributed by atoms with E-state index in [4.69, 9.17) is 4.74 Å². The largest absolute Gasteiger partial charge is 0.478 e. The lowest BCUT2D eigenvalue weighted by Gasteiger charge is -2.31. The Kier molecular flexibility index (Phi) is 4.28. The molecule has 0 saturated carbocycles. The average molecular weight is 319 g/mol. The van der Waals surface area contributed by atoms with Crippen LogP contribution in [0.15, 0.2) is 48.1 Å². The fourth-order valence-electron chi connectivity index (χ4n) is 2.53. The Labute approximate surface area is 130 Å². The second-order valence-corrected chi connectivity index (χ2v) is 4.87. The molecule has 23 heavy (non-hydrogen) atoms. The molecule has 0 saturated heterocycles. The Bertz CT molecular complexity index is 707. The van der Waals surface area contributed by atoms with Crippen molar-refractivity contribution in [2.24, 2.45) is 0 Å². The van der Waals surface area contributed by atoms with Crippen molar-refractivity contribution in [3.05, 3.63) is 63.7 Å². The third-order valence-electron chi connectivity index (χ3n) is 3.60. The monoisotopic (exact) mass is 319 g/mol. The zero-order valence-corrected chi connectivity index (χ0v) is 12.0. The van der Waals surface area contributed by atoms with Gasteiger partial charge in [0, 0.05) is 18.1 Å². The first-order valence-corrected chi connectivity index (χ1v) is 6.48. The number of carboxylic acid groups (broad SMARTS) is 2. The van der Waals surface area contributed by atoms with Crippen molar-refractivity contribution < 1.29 is 29.5 Å². The highest BCUT2D eigenvalue weighted by atomic mass is 16.6. The molecule has 2 atom stereocenters. The number of carboxylic acids is 2. The highest BCUT2D eigenvalue weighted by Gasteiger charge is 2.60. The van der Waals surface area contributed by atoms with E-state index >= 15 is 0 Å². The minimum atomic E-state index is -2.72. The molecule has 120 valence electrons. The Morgan fingerprint density at radius 2 is 1.87 bits per heavy atom. The summed E-state index contributed by atoms with van der Waals surface area (Å²) in [5.74, 6) is -3.25. The molecule has 1 aromatic rings. The molecule has 1 aliphatic carbocycles. The minimum Gasteiger partial charge on any atom is -0.478 e. The second-order valence-electron chi connectivity index (χ2n) is 4.87. The lowest BCUT2D eigenvalue weighted by atomic mass is 9.78. The maximum atomic E-state index is 11.6. The minimum absolute atomic E-state index is 0.118. The van der Waals surface area contributed by atoms with E-state index in [9.17, 15) is 29.9 Å². The molecule has 2 unspecified atom stereocenters. The topological polar surface area (TPSA) is 127 Å². The quantitative estimate of drug-likeness (QED) is 0.616. The molecule has 0 spiro atoms. The zero-order chi connectivity index (χ0) is 17.2. The third-order valence-corrected chi connectivity index (χ3v) is 3.60. The van der Waals surface area contributed by atoms with Crippen molar-refractivity contribution in [2.75, 3.05) is 7.11 Å². The smallest absolute Gasteiger partial charge is 0.390 e. The fraction of sp³-hybridized carbons (Fsp3) is 0.200. The van der Waals surface area contributed by atoms with Crippen LogP contribution in [0.3, 0.4) is 0 Å². The van der Waals surface area contributed by atoms with Crippen LogP contribution in [-0.2, 0) is 14.3 Å². The predicted molar refractivity (Wildman–Crippen MR) is 78.3 cm³/mol. The molecule has 0 amide bonds. The first-order chi connectivity index (χ1) is 10.8. The van der Waals surface area contributed by atoms with Crippen molar-refractivity contribution in [3.63, 3.8) is 0 Å². The molecule has 0 aromatic heterocycles. The van der Waals surface area contributed by atoms with Gasteiger partial charge in [0.05, 0.1) is 5.57 Å². The first kappa shape index (κ1) is 16.4. The number of hydrogen-bond donors (Lipinski definition) is 2. The molecule has 0 heterocycles. The summed E-state index contributed by atoms with van der Waals surface area (Å²) in [6.07, 6.45) is 0.329. The Hall–Kier alpha value is -3.00. The van der Waals surface area contributed by atoms with Gasteiger partial charge in [-0.2, -0.15) is 0 Å². The molecule has 8 nitrogen and oxygen atoms in total. The number of aliphatic carboxylic acids is 2. The summed E-state index contributed by atoms with van der Waals surface area (Å²) >= 11 is 0. The highest BCUT2D eigenvalue weighted by molar-refractivity contribution is 5.99. The van der Waals surface area contributed by atoms with Crippen LogP contribution >= 0.6 is 0 Å². The standard InChI is InChI=1S/C15H13NO7/c1-23-12-11(9-5-3-2-4-6-9)7-10(13(17)18)8-15(12,14(19)20)16(21)22/h2-8,12H,1H3,(H,17,18)(H,19,20). The number of ether oxygens (including phenoxy) is 1. The van der Waals surface area contributed by atoms with E-state index in [-0.39, 0.29) is 5.57 Å². The molecule has 0 fully saturated rings. The Morgan fingerprint density at radius 3 is 2.30 bits per heavy atom. The summed E-state index contributed by atoms with van der Waals surface area (Å²) < 4.78 is 5.10. The van der Waals surface area contributed by atoms with Gasteiger partial charge in [-0.15, -0.1) is 0 Å². The molecule has 0 aliphatic heterocycles. The second kappa shape index (κ2) is 6.01. The van der Waals surface area contributed by atoms with Gasteiger partial charge in [-0.25, -0.2) is 9.59 Å². The molecule has 8 heteroatoms. The average Bonchev–Trinajstić information content (AvgIpc) is 2.53. The third kappa shape index (κ3) is 2.59. The van der Waals surface area contributed by atoms with Gasteiger partial charge < -0.3 is 14.9 Å². The van der Waals surface area contributed by atoms with Gasteiger partial charge in [-0.1, -0.05) is 30.3 Å². The van der Waals surface area contributed by atoms with Crippen LogP contribution in [0, 0.1) is 10.1 Å². The highest BCUT2D eigenvalue weighted by Crippen LogP contribution is 2.37. The maximum Gasteiger partial charge on any atom is 0.390 e. The van der Waals surface area contributed by atoms with Crippen LogP contribution in [-0.4, -0.2) is 45.8 Å². The summed E-state index contributed by atoms with van der Waals surface area (Å²) in [4.78, 5) is 33.4. The van der Waals surface area contributed by atoms with Crippen molar-refractivity contribution in [1.29, 1.82) is 0 Å². The van der Waals surface area contributed by atoms with Gasteiger partial charge in [-0.3, -0.25) is 10.1 Å². The van der Waals surface area contributed by atoms with Gasteiger partial charge >= 0.3 is 17.5 Å². The number of carbonyl (C=O) groups is 2. The fourth-order valence-corrected chi connectivity index (χ4v) is 2.53. The van der Waals surface area contributed by atoms with E-state index in [1.807, 2.05) is 0 Å². The number of nitrogens with zero attached hydrogens (tertiary/aromatic N) is 1. The number of nitro groups is 1. The molecule has 2 N–H and O–H groups in total. The van der Waals surface area contributed by atoms with E-state index in [0.717, 1.165) is 7.11 Å². The van der Waals surface area contributed by atoms with Crippen molar-refractivity contribution in [3.8, 4) is 0 Å². The number of methoxy groups -OCH3 is 1. The summed E-state index contributed by atoms with van der Waals surface area (Å²) in [6.45, 7) is 0.